The summed E-state index contributed by atoms with van der Waals surface area (Å²) < 4.78 is 6.40. The lowest BCUT2D eigenvalue weighted by atomic mass is 10.1. The molecule has 110 valence electrons. The van der Waals surface area contributed by atoms with E-state index in [1.807, 2.05) is 0 Å². The van der Waals surface area contributed by atoms with E-state index in [-0.39, 0.29) is 17.0 Å². The number of carbonyl (C=O) groups is 1. The summed E-state index contributed by atoms with van der Waals surface area (Å²) in [6.07, 6.45) is 0. The first kappa shape index (κ1) is 14.3. The molecule has 0 aliphatic rings. The molecule has 22 heavy (non-hydrogen) atoms. The second-order valence-electron chi connectivity index (χ2n) is 4.64. The van der Waals surface area contributed by atoms with E-state index in [4.69, 9.17) is 16.3 Å². The molecule has 0 aliphatic heterocycles. The zero-order valence-corrected chi connectivity index (χ0v) is 12.4. The zero-order chi connectivity index (χ0) is 15.7. The highest BCUT2D eigenvalue weighted by Gasteiger charge is 2.18. The third kappa shape index (κ3) is 2.46. The van der Waals surface area contributed by atoms with Crippen LogP contribution in [0.3, 0.4) is 0 Å². The van der Waals surface area contributed by atoms with Crippen LogP contribution in [-0.4, -0.2) is 15.7 Å². The minimum absolute atomic E-state index is 0.0672. The topological polar surface area (TPSA) is 61.2 Å². The average molecular weight is 315 g/mol. The van der Waals surface area contributed by atoms with Crippen LogP contribution in [0, 0.1) is 0 Å². The highest BCUT2D eigenvalue weighted by Crippen LogP contribution is 2.24. The van der Waals surface area contributed by atoms with Gasteiger partial charge in [-0.15, -0.1) is 0 Å². The van der Waals surface area contributed by atoms with Crippen molar-refractivity contribution in [1.82, 2.24) is 9.78 Å². The van der Waals surface area contributed by atoms with Crippen LogP contribution < -0.4 is 10.3 Å². The molecule has 1 heterocycles. The van der Waals surface area contributed by atoms with E-state index < -0.39 is 5.97 Å². The number of ether oxygens (including phenoxy) is 1. The van der Waals surface area contributed by atoms with E-state index in [0.717, 1.165) is 4.68 Å². The number of nitrogens with zero attached hydrogens (tertiary/aromatic N) is 2. The van der Waals surface area contributed by atoms with Crippen LogP contribution in [0.2, 0.25) is 5.02 Å². The van der Waals surface area contributed by atoms with Crippen molar-refractivity contribution in [2.24, 2.45) is 7.05 Å². The Labute approximate surface area is 130 Å². The van der Waals surface area contributed by atoms with Crippen LogP contribution in [0.25, 0.3) is 10.8 Å². The Bertz CT molecular complexity index is 934. The largest absolute Gasteiger partial charge is 0.420 e. The summed E-state index contributed by atoms with van der Waals surface area (Å²) in [6.45, 7) is 0. The van der Waals surface area contributed by atoms with Crippen molar-refractivity contribution in [1.29, 1.82) is 0 Å². The molecule has 0 fully saturated rings. The lowest BCUT2D eigenvalue weighted by Crippen LogP contribution is -2.24. The first-order chi connectivity index (χ1) is 10.6. The van der Waals surface area contributed by atoms with Gasteiger partial charge in [-0.05, 0) is 18.2 Å². The van der Waals surface area contributed by atoms with Crippen molar-refractivity contribution in [2.75, 3.05) is 0 Å². The molecule has 3 aromatic rings. The van der Waals surface area contributed by atoms with Gasteiger partial charge in [0.05, 0.1) is 10.4 Å². The number of para-hydroxylation sites is 1. The molecule has 6 heteroatoms. The van der Waals surface area contributed by atoms with Crippen molar-refractivity contribution in [3.8, 4) is 5.75 Å². The number of rotatable bonds is 2. The Morgan fingerprint density at radius 2 is 1.73 bits per heavy atom. The number of fused-ring (bicyclic) bond motifs is 1. The van der Waals surface area contributed by atoms with Gasteiger partial charge in [-0.3, -0.25) is 4.79 Å². The van der Waals surface area contributed by atoms with Crippen LogP contribution in [0.5, 0.6) is 5.75 Å². The van der Waals surface area contributed by atoms with Gasteiger partial charge in [-0.2, -0.15) is 5.10 Å². The van der Waals surface area contributed by atoms with Gasteiger partial charge in [-0.1, -0.05) is 41.9 Å². The number of carbonyl (C=O) groups excluding carboxylic acids is 1. The van der Waals surface area contributed by atoms with E-state index in [1.165, 1.54) is 7.05 Å². The highest BCUT2D eigenvalue weighted by atomic mass is 35.5. The van der Waals surface area contributed by atoms with Gasteiger partial charge in [0, 0.05) is 12.4 Å². The van der Waals surface area contributed by atoms with Gasteiger partial charge >= 0.3 is 5.97 Å². The fourth-order valence-corrected chi connectivity index (χ4v) is 2.30. The number of hydrogen-bond acceptors (Lipinski definition) is 4. The standard InChI is InChI=1S/C16H11ClN2O3/c1-19-15(20)11-7-3-2-6-10(11)14(18-19)16(21)22-13-9-5-4-8-12(13)17/h2-9H,1H3. The predicted molar refractivity (Wildman–Crippen MR) is 83.4 cm³/mol. The van der Waals surface area contributed by atoms with Gasteiger partial charge < -0.3 is 4.74 Å². The number of halogens is 1. The van der Waals surface area contributed by atoms with Gasteiger partial charge in [0.2, 0.25) is 0 Å². The maximum atomic E-state index is 12.4. The summed E-state index contributed by atoms with van der Waals surface area (Å²) in [5.41, 5.74) is -0.206. The molecular weight excluding hydrogens is 304 g/mol. The molecule has 0 saturated heterocycles. The average Bonchev–Trinajstić information content (AvgIpc) is 2.53. The molecule has 0 amide bonds. The number of aryl methyl sites for hydroxylation is 1. The summed E-state index contributed by atoms with van der Waals surface area (Å²) in [5, 5.41) is 5.19. The highest BCUT2D eigenvalue weighted by molar-refractivity contribution is 6.32. The van der Waals surface area contributed by atoms with Crippen LogP contribution in [0.4, 0.5) is 0 Å². The molecule has 2 aromatic carbocycles. The molecule has 0 unspecified atom stereocenters. The quantitative estimate of drug-likeness (QED) is 0.539. The Morgan fingerprint density at radius 1 is 1.09 bits per heavy atom. The van der Waals surface area contributed by atoms with E-state index in [9.17, 15) is 9.59 Å². The van der Waals surface area contributed by atoms with Gasteiger partial charge in [0.1, 0.15) is 5.75 Å². The summed E-state index contributed by atoms with van der Waals surface area (Å²) in [7, 11) is 1.49. The Morgan fingerprint density at radius 3 is 2.45 bits per heavy atom. The number of benzene rings is 2. The Balaban J connectivity index is 2.11. The Hall–Kier alpha value is -2.66. The van der Waals surface area contributed by atoms with Crippen molar-refractivity contribution < 1.29 is 9.53 Å². The Kier molecular flexibility index (Phi) is 3.65. The maximum Gasteiger partial charge on any atom is 0.364 e. The summed E-state index contributed by atoms with van der Waals surface area (Å²) in [5.74, 6) is -0.422. The third-order valence-corrected chi connectivity index (χ3v) is 3.50. The summed E-state index contributed by atoms with van der Waals surface area (Å²) in [4.78, 5) is 24.4. The lowest BCUT2D eigenvalue weighted by molar-refractivity contribution is 0.0728. The maximum absolute atomic E-state index is 12.4. The summed E-state index contributed by atoms with van der Waals surface area (Å²) >= 11 is 5.98. The first-order valence-electron chi connectivity index (χ1n) is 6.50. The second-order valence-corrected chi connectivity index (χ2v) is 5.05. The monoisotopic (exact) mass is 314 g/mol. The van der Waals surface area contributed by atoms with Crippen LogP contribution in [0.15, 0.2) is 53.3 Å². The molecule has 3 rings (SSSR count). The van der Waals surface area contributed by atoms with Crippen molar-refractivity contribution in [3.05, 3.63) is 69.6 Å². The van der Waals surface area contributed by atoms with Crippen molar-refractivity contribution in [3.63, 3.8) is 0 Å². The molecule has 0 spiro atoms. The normalized spacial score (nSPS) is 10.6. The van der Waals surface area contributed by atoms with E-state index in [1.54, 1.807) is 48.5 Å². The van der Waals surface area contributed by atoms with Crippen LogP contribution in [0.1, 0.15) is 10.5 Å². The number of hydrogen-bond donors (Lipinski definition) is 0. The lowest BCUT2D eigenvalue weighted by Gasteiger charge is -2.08. The first-order valence-corrected chi connectivity index (χ1v) is 6.88. The van der Waals surface area contributed by atoms with Crippen molar-refractivity contribution in [2.45, 2.75) is 0 Å². The molecule has 0 atom stereocenters. The fraction of sp³-hybridized carbons (Fsp3) is 0.0625. The molecule has 0 N–H and O–H groups in total. The van der Waals surface area contributed by atoms with Gasteiger partial charge in [0.15, 0.2) is 5.69 Å². The smallest absolute Gasteiger partial charge is 0.364 e. The minimum atomic E-state index is -0.667. The van der Waals surface area contributed by atoms with Crippen LogP contribution >= 0.6 is 11.6 Å². The molecule has 0 aliphatic carbocycles. The van der Waals surface area contributed by atoms with E-state index in [0.29, 0.717) is 15.8 Å². The molecule has 1 aromatic heterocycles. The van der Waals surface area contributed by atoms with Gasteiger partial charge in [-0.25, -0.2) is 9.48 Å². The zero-order valence-electron chi connectivity index (χ0n) is 11.6. The molecule has 0 bridgehead atoms. The third-order valence-electron chi connectivity index (χ3n) is 3.19. The minimum Gasteiger partial charge on any atom is -0.420 e. The van der Waals surface area contributed by atoms with Gasteiger partial charge in [0.25, 0.3) is 5.56 Å². The predicted octanol–water partition coefficient (Wildman–Crippen LogP) is 2.81. The fourth-order valence-electron chi connectivity index (χ4n) is 2.13. The molecule has 5 nitrogen and oxygen atoms in total. The molecule has 0 radical (unpaired) electrons. The number of esters is 1. The molecular formula is C16H11ClN2O3. The molecule has 0 saturated carbocycles. The summed E-state index contributed by atoms with van der Waals surface area (Å²) in [6, 6.07) is 13.4. The van der Waals surface area contributed by atoms with E-state index >= 15 is 0 Å². The van der Waals surface area contributed by atoms with E-state index in [2.05, 4.69) is 5.10 Å². The van der Waals surface area contributed by atoms with Crippen molar-refractivity contribution >= 4 is 28.3 Å². The second kappa shape index (κ2) is 5.61. The van der Waals surface area contributed by atoms with Crippen LogP contribution in [-0.2, 0) is 7.05 Å². The SMILES string of the molecule is Cn1nc(C(=O)Oc2ccccc2Cl)c2ccccc2c1=O. The number of aromatic nitrogens is 2.